The highest BCUT2D eigenvalue weighted by atomic mass is 32.1. The Morgan fingerprint density at radius 3 is 2.96 bits per heavy atom. The van der Waals surface area contributed by atoms with Gasteiger partial charge in [0.1, 0.15) is 17.4 Å². The number of ether oxygens (including phenoxy) is 2. The van der Waals surface area contributed by atoms with Gasteiger partial charge in [0.05, 0.1) is 18.5 Å². The van der Waals surface area contributed by atoms with Gasteiger partial charge in [0, 0.05) is 35.8 Å². The number of hydrogen-bond acceptors (Lipinski definition) is 6. The number of hydrogen-bond donors (Lipinski definition) is 0. The molecule has 26 heavy (non-hydrogen) atoms. The number of esters is 1. The van der Waals surface area contributed by atoms with Crippen molar-refractivity contribution in [2.75, 3.05) is 6.61 Å². The first kappa shape index (κ1) is 17.9. The molecule has 0 N–H and O–H groups in total. The topological polar surface area (TPSA) is 66.2 Å². The second-order valence-corrected chi connectivity index (χ2v) is 6.32. The van der Waals surface area contributed by atoms with E-state index < -0.39 is 5.97 Å². The lowest BCUT2D eigenvalue weighted by atomic mass is 10.2. The second-order valence-electron chi connectivity index (χ2n) is 5.46. The van der Waals surface area contributed by atoms with Crippen LogP contribution in [0.4, 0.5) is 0 Å². The van der Waals surface area contributed by atoms with Gasteiger partial charge in [-0.25, -0.2) is 9.78 Å². The van der Waals surface area contributed by atoms with Gasteiger partial charge in [0.2, 0.25) is 0 Å². The highest BCUT2D eigenvalue weighted by molar-refractivity contribution is 7.13. The van der Waals surface area contributed by atoms with Crippen molar-refractivity contribution in [3.63, 3.8) is 0 Å². The molecule has 0 radical (unpaired) electrons. The van der Waals surface area contributed by atoms with Gasteiger partial charge in [-0.3, -0.25) is 4.68 Å². The second kappa shape index (κ2) is 8.44. The summed E-state index contributed by atoms with van der Waals surface area (Å²) < 4.78 is 12.5. The Morgan fingerprint density at radius 2 is 2.19 bits per heavy atom. The molecule has 0 unspecified atom stereocenters. The van der Waals surface area contributed by atoms with Crippen molar-refractivity contribution in [1.29, 1.82) is 0 Å². The average Bonchev–Trinajstić information content (AvgIpc) is 3.28. The third-order valence-corrected chi connectivity index (χ3v) is 4.42. The molecular weight excluding hydrogens is 350 g/mol. The summed E-state index contributed by atoms with van der Waals surface area (Å²) in [6, 6.07) is 7.53. The smallest absolute Gasteiger partial charge is 0.331 e. The zero-order valence-corrected chi connectivity index (χ0v) is 15.4. The van der Waals surface area contributed by atoms with Crippen molar-refractivity contribution in [2.24, 2.45) is 7.05 Å². The van der Waals surface area contributed by atoms with Crippen LogP contribution < -0.4 is 4.74 Å². The van der Waals surface area contributed by atoms with E-state index in [1.165, 1.54) is 17.4 Å². The summed E-state index contributed by atoms with van der Waals surface area (Å²) in [7, 11) is 1.86. The minimum atomic E-state index is -0.424. The van der Waals surface area contributed by atoms with Crippen molar-refractivity contribution in [3.05, 3.63) is 59.4 Å². The molecule has 0 aliphatic carbocycles. The number of para-hydroxylation sites is 1. The first-order valence-corrected chi connectivity index (χ1v) is 9.03. The van der Waals surface area contributed by atoms with E-state index in [1.807, 2.05) is 49.8 Å². The van der Waals surface area contributed by atoms with Gasteiger partial charge in [0.25, 0.3) is 0 Å². The highest BCUT2D eigenvalue weighted by Gasteiger charge is 2.08. The number of thiazole rings is 1. The number of aryl methyl sites for hydroxylation is 1. The predicted octanol–water partition coefficient (Wildman–Crippen LogP) is 3.70. The summed E-state index contributed by atoms with van der Waals surface area (Å²) in [5.74, 6) is 0.312. The van der Waals surface area contributed by atoms with Crippen molar-refractivity contribution in [3.8, 4) is 16.3 Å². The fraction of sp³-hybridized carbons (Fsp3) is 0.211. The van der Waals surface area contributed by atoms with E-state index >= 15 is 0 Å². The molecule has 1 aromatic carbocycles. The van der Waals surface area contributed by atoms with Crippen LogP contribution in [-0.4, -0.2) is 27.3 Å². The van der Waals surface area contributed by atoms with Crippen LogP contribution in [0.5, 0.6) is 5.75 Å². The molecule has 2 aromatic heterocycles. The number of rotatable bonds is 7. The number of benzene rings is 1. The zero-order chi connectivity index (χ0) is 18.4. The van der Waals surface area contributed by atoms with E-state index in [9.17, 15) is 4.79 Å². The number of carbonyl (C=O) groups is 1. The fourth-order valence-corrected chi connectivity index (χ4v) is 3.07. The fourth-order valence-electron chi connectivity index (χ4n) is 2.29. The molecule has 3 rings (SSSR count). The summed E-state index contributed by atoms with van der Waals surface area (Å²) >= 11 is 1.49. The Labute approximate surface area is 155 Å². The summed E-state index contributed by atoms with van der Waals surface area (Å²) in [5, 5.41) is 6.86. The first-order chi connectivity index (χ1) is 12.7. The molecule has 0 aliphatic rings. The summed E-state index contributed by atoms with van der Waals surface area (Å²) in [6.45, 7) is 2.62. The van der Waals surface area contributed by atoms with Crippen LogP contribution in [0.3, 0.4) is 0 Å². The van der Waals surface area contributed by atoms with Crippen LogP contribution in [0.25, 0.3) is 16.6 Å². The minimum absolute atomic E-state index is 0.132. The van der Waals surface area contributed by atoms with Gasteiger partial charge in [-0.15, -0.1) is 11.3 Å². The van der Waals surface area contributed by atoms with Crippen LogP contribution in [0.15, 0.2) is 48.1 Å². The first-order valence-electron chi connectivity index (χ1n) is 8.16. The zero-order valence-electron chi connectivity index (χ0n) is 14.6. The van der Waals surface area contributed by atoms with E-state index in [4.69, 9.17) is 9.47 Å². The molecule has 134 valence electrons. The van der Waals surface area contributed by atoms with Gasteiger partial charge in [-0.2, -0.15) is 5.10 Å². The predicted molar refractivity (Wildman–Crippen MR) is 101 cm³/mol. The molecule has 0 atom stereocenters. The van der Waals surface area contributed by atoms with Crippen molar-refractivity contribution in [1.82, 2.24) is 14.8 Å². The third kappa shape index (κ3) is 4.58. The van der Waals surface area contributed by atoms with Crippen LogP contribution >= 0.6 is 11.3 Å². The third-order valence-electron chi connectivity index (χ3n) is 3.48. The molecule has 0 saturated carbocycles. The maximum atomic E-state index is 12.0. The van der Waals surface area contributed by atoms with Crippen molar-refractivity contribution < 1.29 is 14.3 Å². The maximum Gasteiger partial charge on any atom is 0.331 e. The largest absolute Gasteiger partial charge is 0.493 e. The van der Waals surface area contributed by atoms with Crippen molar-refractivity contribution >= 4 is 23.4 Å². The Hall–Kier alpha value is -2.93. The monoisotopic (exact) mass is 369 g/mol. The van der Waals surface area contributed by atoms with E-state index in [0.29, 0.717) is 12.3 Å². The lowest BCUT2D eigenvalue weighted by molar-refractivity contribution is -0.139. The molecular formula is C19H19N3O3S. The summed E-state index contributed by atoms with van der Waals surface area (Å²) in [6.07, 6.45) is 6.74. The molecule has 7 heteroatoms. The molecule has 0 bridgehead atoms. The maximum absolute atomic E-state index is 12.0. The molecule has 6 nitrogen and oxygen atoms in total. The number of carbonyl (C=O) groups excluding carboxylic acids is 1. The van der Waals surface area contributed by atoms with Crippen LogP contribution in [0.2, 0.25) is 0 Å². The van der Waals surface area contributed by atoms with E-state index in [0.717, 1.165) is 21.9 Å². The summed E-state index contributed by atoms with van der Waals surface area (Å²) in [4.78, 5) is 16.4. The molecule has 0 fully saturated rings. The quantitative estimate of drug-likeness (QED) is 0.469. The van der Waals surface area contributed by atoms with E-state index in [2.05, 4.69) is 10.1 Å². The Morgan fingerprint density at radius 1 is 1.35 bits per heavy atom. The Kier molecular flexibility index (Phi) is 5.80. The van der Waals surface area contributed by atoms with Gasteiger partial charge in [-0.1, -0.05) is 18.2 Å². The number of nitrogens with zero attached hydrogens (tertiary/aromatic N) is 3. The van der Waals surface area contributed by atoms with E-state index in [1.54, 1.807) is 17.0 Å². The van der Waals surface area contributed by atoms with Gasteiger partial charge < -0.3 is 9.47 Å². The minimum Gasteiger partial charge on any atom is -0.493 e. The normalized spacial score (nSPS) is 11.0. The standard InChI is InChI=1S/C19H19N3O3S/c1-3-24-17-7-5-4-6-14(17)8-9-18(23)25-12-16-13-26-19(21-16)15-10-20-22(2)11-15/h4-11,13H,3,12H2,1-2H3. The van der Waals surface area contributed by atoms with Crippen LogP contribution in [0, 0.1) is 0 Å². The Bertz CT molecular complexity index is 914. The lowest BCUT2D eigenvalue weighted by Crippen LogP contribution is -2.01. The van der Waals surface area contributed by atoms with Gasteiger partial charge >= 0.3 is 5.97 Å². The van der Waals surface area contributed by atoms with Gasteiger partial charge in [0.15, 0.2) is 0 Å². The van der Waals surface area contributed by atoms with E-state index in [-0.39, 0.29) is 6.61 Å². The summed E-state index contributed by atoms with van der Waals surface area (Å²) in [5.41, 5.74) is 2.49. The molecule has 2 heterocycles. The van der Waals surface area contributed by atoms with Crippen LogP contribution in [-0.2, 0) is 23.2 Å². The van der Waals surface area contributed by atoms with Gasteiger partial charge in [-0.05, 0) is 19.1 Å². The van der Waals surface area contributed by atoms with Crippen LogP contribution in [0.1, 0.15) is 18.2 Å². The SMILES string of the molecule is CCOc1ccccc1C=CC(=O)OCc1csc(-c2cnn(C)c2)n1. The lowest BCUT2D eigenvalue weighted by Gasteiger charge is -2.06. The Balaban J connectivity index is 1.57. The molecule has 3 aromatic rings. The highest BCUT2D eigenvalue weighted by Crippen LogP contribution is 2.23. The van der Waals surface area contributed by atoms with Crippen molar-refractivity contribution in [2.45, 2.75) is 13.5 Å². The molecule has 0 aliphatic heterocycles. The molecule has 0 amide bonds. The molecule has 0 spiro atoms. The molecule has 0 saturated heterocycles. The number of aromatic nitrogens is 3. The average molecular weight is 369 g/mol.